The third kappa shape index (κ3) is 2.19. The molecule has 0 fully saturated rings. The van der Waals surface area contributed by atoms with Gasteiger partial charge in [-0.1, -0.05) is 30.3 Å². The molecular weight excluding hydrogens is 306 g/mol. The van der Waals surface area contributed by atoms with Crippen LogP contribution in [-0.4, -0.2) is 11.0 Å². The molecule has 0 radical (unpaired) electrons. The van der Waals surface area contributed by atoms with Crippen molar-refractivity contribution in [1.82, 2.24) is 4.98 Å². The molecule has 0 saturated carbocycles. The summed E-state index contributed by atoms with van der Waals surface area (Å²) in [6, 6.07) is 15.2. The number of benzene rings is 2. The number of carbonyl (C=O) groups excluding carboxylic acids is 1. The van der Waals surface area contributed by atoms with Gasteiger partial charge in [-0.25, -0.2) is 4.98 Å². The van der Waals surface area contributed by atoms with Gasteiger partial charge in [-0.15, -0.1) is 11.3 Å². The highest BCUT2D eigenvalue weighted by molar-refractivity contribution is 7.13. The molecule has 0 unspecified atom stereocenters. The number of pyridine rings is 1. The summed E-state index contributed by atoms with van der Waals surface area (Å²) in [5, 5.41) is 16.2. The number of rotatable bonds is 2. The number of carbonyl (C=O) groups is 1. The summed E-state index contributed by atoms with van der Waals surface area (Å²) in [6.07, 6.45) is 0. The van der Waals surface area contributed by atoms with E-state index in [0.717, 1.165) is 21.2 Å². The molecule has 4 rings (SSSR count). The van der Waals surface area contributed by atoms with E-state index in [2.05, 4.69) is 0 Å². The van der Waals surface area contributed by atoms with Crippen molar-refractivity contribution in [2.24, 2.45) is 0 Å². The number of carboxylic acids is 1. The minimum Gasteiger partial charge on any atom is -0.545 e. The minimum absolute atomic E-state index is 0.189. The lowest BCUT2D eigenvalue weighted by Crippen LogP contribution is -2.22. The average molecular weight is 318 g/mol. The number of hydrogen-bond donors (Lipinski definition) is 0. The predicted octanol–water partition coefficient (Wildman–Crippen LogP) is 3.79. The summed E-state index contributed by atoms with van der Waals surface area (Å²) >= 11 is 1.56. The first kappa shape index (κ1) is 13.9. The van der Waals surface area contributed by atoms with Gasteiger partial charge in [-0.3, -0.25) is 0 Å². The normalized spacial score (nSPS) is 11.2. The van der Waals surface area contributed by atoms with Crippen molar-refractivity contribution in [3.8, 4) is 10.6 Å². The second-order valence-corrected chi connectivity index (χ2v) is 6.37. The third-order valence-corrected chi connectivity index (χ3v) is 5.05. The maximum Gasteiger partial charge on any atom is 0.0818 e. The lowest BCUT2D eigenvalue weighted by atomic mass is 9.99. The molecule has 0 bridgehead atoms. The largest absolute Gasteiger partial charge is 0.545 e. The van der Waals surface area contributed by atoms with Crippen molar-refractivity contribution < 1.29 is 9.90 Å². The van der Waals surface area contributed by atoms with E-state index < -0.39 is 5.97 Å². The molecule has 4 heteroatoms. The van der Waals surface area contributed by atoms with Crippen LogP contribution in [0.3, 0.4) is 0 Å². The van der Waals surface area contributed by atoms with Gasteiger partial charge in [0.25, 0.3) is 0 Å². The predicted molar refractivity (Wildman–Crippen MR) is 91.6 cm³/mol. The summed E-state index contributed by atoms with van der Waals surface area (Å²) in [7, 11) is 0. The summed E-state index contributed by atoms with van der Waals surface area (Å²) in [4.78, 5) is 17.4. The van der Waals surface area contributed by atoms with E-state index in [1.165, 1.54) is 0 Å². The average Bonchev–Trinajstić information content (AvgIpc) is 2.99. The van der Waals surface area contributed by atoms with Gasteiger partial charge in [0.05, 0.1) is 22.1 Å². The van der Waals surface area contributed by atoms with Crippen LogP contribution in [0.1, 0.15) is 15.9 Å². The van der Waals surface area contributed by atoms with Crippen molar-refractivity contribution >= 4 is 39.0 Å². The number of carboxylic acid groups (broad SMARTS) is 1. The summed E-state index contributed by atoms with van der Waals surface area (Å²) in [5.74, 6) is -1.18. The van der Waals surface area contributed by atoms with Gasteiger partial charge in [-0.2, -0.15) is 0 Å². The minimum atomic E-state index is -1.18. The van der Waals surface area contributed by atoms with Crippen LogP contribution in [0.5, 0.6) is 0 Å². The van der Waals surface area contributed by atoms with E-state index in [1.54, 1.807) is 17.4 Å². The Balaban J connectivity index is 2.14. The fourth-order valence-corrected chi connectivity index (χ4v) is 3.81. The molecule has 2 aromatic heterocycles. The Morgan fingerprint density at radius 1 is 1.13 bits per heavy atom. The summed E-state index contributed by atoms with van der Waals surface area (Å²) < 4.78 is 0. The van der Waals surface area contributed by atoms with Crippen LogP contribution in [0.4, 0.5) is 0 Å². The maximum atomic E-state index is 11.7. The number of aryl methyl sites for hydroxylation is 1. The number of thiophene rings is 1. The first-order valence-corrected chi connectivity index (χ1v) is 8.11. The highest BCUT2D eigenvalue weighted by Crippen LogP contribution is 2.33. The molecule has 0 aliphatic carbocycles. The fraction of sp³-hybridized carbons (Fsp3) is 0.0526. The molecule has 3 nitrogen and oxygen atoms in total. The zero-order valence-corrected chi connectivity index (χ0v) is 13.2. The molecule has 0 saturated heterocycles. The van der Waals surface area contributed by atoms with Crippen molar-refractivity contribution in [3.63, 3.8) is 0 Å². The second-order valence-electron chi connectivity index (χ2n) is 5.46. The Hall–Kier alpha value is -2.72. The van der Waals surface area contributed by atoms with Crippen molar-refractivity contribution in [1.29, 1.82) is 0 Å². The third-order valence-electron chi connectivity index (χ3n) is 4.01. The molecule has 0 amide bonds. The molecule has 4 aromatic rings. The van der Waals surface area contributed by atoms with E-state index in [-0.39, 0.29) is 5.56 Å². The second kappa shape index (κ2) is 5.18. The zero-order chi connectivity index (χ0) is 16.0. The maximum absolute atomic E-state index is 11.7. The van der Waals surface area contributed by atoms with Crippen molar-refractivity contribution in [3.05, 3.63) is 65.0 Å². The van der Waals surface area contributed by atoms with E-state index >= 15 is 0 Å². The van der Waals surface area contributed by atoms with Gasteiger partial charge >= 0.3 is 0 Å². The van der Waals surface area contributed by atoms with Crippen LogP contribution >= 0.6 is 11.3 Å². The molecule has 2 heterocycles. The number of aromatic carboxylic acids is 1. The van der Waals surface area contributed by atoms with Gasteiger partial charge < -0.3 is 9.90 Å². The van der Waals surface area contributed by atoms with Crippen molar-refractivity contribution in [2.75, 3.05) is 0 Å². The molecular formula is C19H12NO2S-. The quantitative estimate of drug-likeness (QED) is 0.528. The summed E-state index contributed by atoms with van der Waals surface area (Å²) in [5.41, 5.74) is 2.63. The zero-order valence-electron chi connectivity index (χ0n) is 12.4. The van der Waals surface area contributed by atoms with Gasteiger partial charge in [0.2, 0.25) is 0 Å². The molecule has 0 spiro atoms. The fourth-order valence-electron chi connectivity index (χ4n) is 2.92. The van der Waals surface area contributed by atoms with Crippen LogP contribution in [0.2, 0.25) is 0 Å². The van der Waals surface area contributed by atoms with Gasteiger partial charge in [0.15, 0.2) is 0 Å². The first-order valence-electron chi connectivity index (χ1n) is 7.23. The molecule has 23 heavy (non-hydrogen) atoms. The van der Waals surface area contributed by atoms with Crippen LogP contribution in [0.15, 0.2) is 53.9 Å². The number of aromatic nitrogens is 1. The van der Waals surface area contributed by atoms with Crippen molar-refractivity contribution in [2.45, 2.75) is 6.92 Å². The Bertz CT molecular complexity index is 1070. The standard InChI is InChI=1S/C19H13NO2S/c1-11-8-9-23-18(11)16-10-14(19(21)22)17-13-5-3-2-4-12(13)6-7-15(17)20-16/h2-10H,1H3,(H,21,22)/p-1. The lowest BCUT2D eigenvalue weighted by molar-refractivity contribution is -0.254. The summed E-state index contributed by atoms with van der Waals surface area (Å²) in [6.45, 7) is 2.00. The van der Waals surface area contributed by atoms with Crippen LogP contribution in [0.25, 0.3) is 32.2 Å². The highest BCUT2D eigenvalue weighted by atomic mass is 32.1. The first-order chi connectivity index (χ1) is 11.1. The highest BCUT2D eigenvalue weighted by Gasteiger charge is 2.13. The number of nitrogens with zero attached hydrogens (tertiary/aromatic N) is 1. The van der Waals surface area contributed by atoms with E-state index in [1.807, 2.05) is 54.8 Å². The topological polar surface area (TPSA) is 53.0 Å². The van der Waals surface area contributed by atoms with E-state index in [0.29, 0.717) is 16.6 Å². The molecule has 0 atom stereocenters. The smallest absolute Gasteiger partial charge is 0.0818 e. The SMILES string of the molecule is Cc1ccsc1-c1cc(C(=O)[O-])c2c(ccc3ccccc32)n1. The molecule has 0 aliphatic rings. The molecule has 2 aromatic carbocycles. The Morgan fingerprint density at radius 3 is 2.70 bits per heavy atom. The Labute approximate surface area is 136 Å². The Morgan fingerprint density at radius 2 is 1.96 bits per heavy atom. The monoisotopic (exact) mass is 318 g/mol. The van der Waals surface area contributed by atoms with Gasteiger partial charge in [-0.05, 0) is 46.8 Å². The van der Waals surface area contributed by atoms with Gasteiger partial charge in [0.1, 0.15) is 0 Å². The van der Waals surface area contributed by atoms with Gasteiger partial charge in [0, 0.05) is 10.9 Å². The molecule has 0 N–H and O–H groups in total. The number of fused-ring (bicyclic) bond motifs is 3. The molecule has 112 valence electrons. The lowest BCUT2D eigenvalue weighted by Gasteiger charge is -2.12. The Kier molecular flexibility index (Phi) is 3.13. The van der Waals surface area contributed by atoms with Crippen LogP contribution in [0, 0.1) is 6.92 Å². The van der Waals surface area contributed by atoms with Crippen LogP contribution < -0.4 is 5.11 Å². The van der Waals surface area contributed by atoms with E-state index in [4.69, 9.17) is 4.98 Å². The molecule has 0 aliphatic heterocycles. The number of hydrogen-bond acceptors (Lipinski definition) is 4. The van der Waals surface area contributed by atoms with E-state index in [9.17, 15) is 9.90 Å². The van der Waals surface area contributed by atoms with Crippen LogP contribution in [-0.2, 0) is 0 Å².